The zero-order valence-corrected chi connectivity index (χ0v) is 55.0. The molecular weight excluding hydrogens is 1200 g/mol. The SMILES string of the molecule is C/C=C/C=C/CC(OC1OC(C)C(O)C(O)C1O)C(C)C(O)CC(O)CC(O)CC(O)/C=C/CC(O)CC(O)CC(O)CC(O)/C=C/CC(O)CC(O)CCCN.C=C/C=C/C=C/C(O)C(C)C(O)C(C)/C=C/CC/C=C/C=C/C=C/C=C/C(=O)NC1=C(O)CCC1=O. The molecule has 2 rings (SSSR count). The third-order valence-corrected chi connectivity index (χ3v) is 15.7. The largest absolute Gasteiger partial charge is 0.510 e. The second kappa shape index (κ2) is 50.3. The number of hydrogen-bond acceptors (Lipinski definition) is 21. The summed E-state index contributed by atoms with van der Waals surface area (Å²) in [6.07, 6.45) is 24.4. The average molecular weight is 1320 g/mol. The second-order valence-electron chi connectivity index (χ2n) is 24.1. The number of hydrogen-bond donors (Lipinski definition) is 18. The van der Waals surface area contributed by atoms with Crippen LogP contribution in [0.25, 0.3) is 0 Å². The van der Waals surface area contributed by atoms with Gasteiger partial charge in [-0.3, -0.25) is 9.59 Å². The Morgan fingerprint density at radius 2 is 1.14 bits per heavy atom. The molecule has 19 N–H and O–H groups in total. The number of Topliss-reactive ketones (excluding diaryl/α,β-unsaturated/α-hetero) is 1. The molecule has 22 nitrogen and oxygen atoms in total. The van der Waals surface area contributed by atoms with Gasteiger partial charge < -0.3 is 102 Å². The lowest BCUT2D eigenvalue weighted by atomic mass is 9.88. The van der Waals surface area contributed by atoms with Crippen molar-refractivity contribution in [3.63, 3.8) is 0 Å². The Morgan fingerprint density at radius 3 is 1.72 bits per heavy atom. The van der Waals surface area contributed by atoms with Crippen LogP contribution < -0.4 is 11.1 Å². The molecule has 1 amide bonds. The van der Waals surface area contributed by atoms with Gasteiger partial charge in [-0.15, -0.1) is 0 Å². The van der Waals surface area contributed by atoms with Gasteiger partial charge in [-0.25, -0.2) is 0 Å². The molecule has 0 spiro atoms. The van der Waals surface area contributed by atoms with Crippen LogP contribution in [0.3, 0.4) is 0 Å². The van der Waals surface area contributed by atoms with Crippen molar-refractivity contribution in [1.82, 2.24) is 5.32 Å². The molecule has 528 valence electrons. The van der Waals surface area contributed by atoms with Gasteiger partial charge in [0.25, 0.3) is 0 Å². The number of rotatable bonds is 45. The molecular formula is C71H114N2O20. The predicted octanol–water partition coefficient (Wildman–Crippen LogP) is 4.42. The number of carbonyl (C=O) groups is 2. The molecule has 1 fully saturated rings. The molecule has 21 atom stereocenters. The van der Waals surface area contributed by atoms with Crippen LogP contribution in [0.4, 0.5) is 0 Å². The molecule has 0 aromatic rings. The molecule has 1 aliphatic carbocycles. The first-order valence-electron chi connectivity index (χ1n) is 32.5. The first-order valence-corrected chi connectivity index (χ1v) is 32.5. The van der Waals surface area contributed by atoms with Crippen LogP contribution in [0, 0.1) is 17.8 Å². The quantitative estimate of drug-likeness (QED) is 0.0174. The topological polar surface area (TPSA) is 414 Å². The first kappa shape index (κ1) is 85.9. The van der Waals surface area contributed by atoms with Crippen molar-refractivity contribution < 1.29 is 101 Å². The lowest BCUT2D eigenvalue weighted by Gasteiger charge is -2.41. The summed E-state index contributed by atoms with van der Waals surface area (Å²) in [4.78, 5) is 23.3. The molecule has 1 heterocycles. The summed E-state index contributed by atoms with van der Waals surface area (Å²) < 4.78 is 11.6. The van der Waals surface area contributed by atoms with Gasteiger partial charge in [-0.1, -0.05) is 161 Å². The number of nitrogens with two attached hydrogens (primary N) is 1. The first-order chi connectivity index (χ1) is 44.1. The summed E-state index contributed by atoms with van der Waals surface area (Å²) in [6.45, 7) is 12.9. The van der Waals surface area contributed by atoms with Crippen molar-refractivity contribution in [3.8, 4) is 0 Å². The molecule has 2 aliphatic rings. The van der Waals surface area contributed by atoms with Crippen molar-refractivity contribution in [2.75, 3.05) is 6.54 Å². The van der Waals surface area contributed by atoms with Gasteiger partial charge >= 0.3 is 0 Å². The summed E-state index contributed by atoms with van der Waals surface area (Å²) in [5.41, 5.74) is 5.41. The van der Waals surface area contributed by atoms with Crippen molar-refractivity contribution in [1.29, 1.82) is 0 Å². The molecule has 0 aromatic carbocycles. The second-order valence-corrected chi connectivity index (χ2v) is 24.1. The Bertz CT molecular complexity index is 2430. The summed E-state index contributed by atoms with van der Waals surface area (Å²) in [5, 5.41) is 167. The van der Waals surface area contributed by atoms with E-state index in [-0.39, 0.29) is 106 Å². The van der Waals surface area contributed by atoms with Crippen molar-refractivity contribution >= 4 is 11.7 Å². The number of ether oxygens (including phenoxy) is 2. The predicted molar refractivity (Wildman–Crippen MR) is 359 cm³/mol. The van der Waals surface area contributed by atoms with E-state index in [9.17, 15) is 91.3 Å². The highest BCUT2D eigenvalue weighted by molar-refractivity contribution is 6.03. The van der Waals surface area contributed by atoms with Crippen LogP contribution in [-0.4, -0.2) is 210 Å². The molecule has 0 bridgehead atoms. The van der Waals surface area contributed by atoms with Gasteiger partial charge in [0.1, 0.15) is 29.8 Å². The van der Waals surface area contributed by atoms with Crippen LogP contribution in [0.5, 0.6) is 0 Å². The Hall–Kier alpha value is -5.16. The van der Waals surface area contributed by atoms with E-state index in [1.807, 2.05) is 63.3 Å². The lowest BCUT2D eigenvalue weighted by molar-refractivity contribution is -0.309. The summed E-state index contributed by atoms with van der Waals surface area (Å²) >= 11 is 0. The fourth-order valence-corrected chi connectivity index (χ4v) is 9.96. The number of aliphatic hydroxyl groups is 16. The van der Waals surface area contributed by atoms with E-state index >= 15 is 0 Å². The lowest BCUT2D eigenvalue weighted by Crippen LogP contribution is -2.58. The molecule has 22 heteroatoms. The number of nitrogens with one attached hydrogen (secondary N) is 1. The van der Waals surface area contributed by atoms with E-state index in [2.05, 4.69) is 11.9 Å². The van der Waals surface area contributed by atoms with Crippen LogP contribution in [0.2, 0.25) is 0 Å². The monoisotopic (exact) mass is 1310 g/mol. The smallest absolute Gasteiger partial charge is 0.248 e. The van der Waals surface area contributed by atoms with E-state index in [4.69, 9.17) is 15.2 Å². The highest BCUT2D eigenvalue weighted by Crippen LogP contribution is 2.29. The third-order valence-electron chi connectivity index (χ3n) is 15.7. The van der Waals surface area contributed by atoms with Gasteiger partial charge in [0.05, 0.1) is 85.5 Å². The van der Waals surface area contributed by atoms with E-state index in [1.54, 1.807) is 79.8 Å². The Kier molecular flexibility index (Phi) is 46.4. The van der Waals surface area contributed by atoms with Crippen LogP contribution in [0.1, 0.15) is 137 Å². The fourth-order valence-electron chi connectivity index (χ4n) is 9.96. The number of unbranched alkanes of at least 4 members (excludes halogenated alkanes) is 1. The highest BCUT2D eigenvalue weighted by atomic mass is 16.7. The molecule has 0 radical (unpaired) electrons. The molecule has 21 unspecified atom stereocenters. The van der Waals surface area contributed by atoms with Crippen LogP contribution in [0.15, 0.2) is 158 Å². The minimum Gasteiger partial charge on any atom is -0.510 e. The molecule has 93 heavy (non-hydrogen) atoms. The average Bonchev–Trinajstić information content (AvgIpc) is 1.47. The van der Waals surface area contributed by atoms with Crippen molar-refractivity contribution in [3.05, 3.63) is 158 Å². The Morgan fingerprint density at radius 1 is 0.602 bits per heavy atom. The van der Waals surface area contributed by atoms with Gasteiger partial charge in [0.2, 0.25) is 5.91 Å². The molecule has 0 saturated carbocycles. The van der Waals surface area contributed by atoms with Gasteiger partial charge in [-0.2, -0.15) is 0 Å². The summed E-state index contributed by atoms with van der Waals surface area (Å²) in [5.74, 6) is -1.76. The Labute approximate surface area is 550 Å². The number of amides is 1. The van der Waals surface area contributed by atoms with Crippen LogP contribution in [-0.2, 0) is 19.1 Å². The maximum Gasteiger partial charge on any atom is 0.248 e. The number of aliphatic hydroxyl groups excluding tert-OH is 16. The Balaban J connectivity index is 0.00000103. The number of carbonyl (C=O) groups excluding carboxylic acids is 2. The third kappa shape index (κ3) is 38.9. The molecule has 0 aromatic heterocycles. The zero-order chi connectivity index (χ0) is 69.8. The summed E-state index contributed by atoms with van der Waals surface area (Å²) in [7, 11) is 0. The molecule has 1 saturated heterocycles. The van der Waals surface area contributed by atoms with Gasteiger partial charge in [0, 0.05) is 49.5 Å². The van der Waals surface area contributed by atoms with Gasteiger partial charge in [-0.05, 0) is 97.4 Å². The van der Waals surface area contributed by atoms with E-state index < -0.39 is 122 Å². The standard InChI is InChI=1S/C41H75NO15.C30H39NO5/c1-4-5-6-7-16-37(57-41-40(55)39(54)38(53)26(3)56-41)25(2)36(52)24-35(51)23-34(50)21-30(46)14-9-13-29(45)20-33(49)22-32(48)19-28(44)12-8-11-27(43)18-31(47)15-10-17-42;1-4-5-6-16-19-25(32)24(3)30(36)23(2)18-15-13-11-9-7-8-10-12-14-17-20-28(35)31-29-26(33)21-22-27(29)34/h4-9,12,14,25-41,43-55H,10-11,13,15-24,42H2,1-3H3;4-10,12,14-20,23-25,30,32-33,36H,1,11,13,21-22H2,2-3H3,(H,31,35)/b5-4+,7-6+,12-8+,14-9+;6-5+,9-7+,10-8+,14-12+,18-15+,19-16+,20-17+. The van der Waals surface area contributed by atoms with Crippen LogP contribution >= 0.6 is 0 Å². The van der Waals surface area contributed by atoms with Gasteiger partial charge in [0.15, 0.2) is 12.1 Å². The maximum absolute atomic E-state index is 11.8. The maximum atomic E-state index is 11.8. The molecule has 1 aliphatic heterocycles. The van der Waals surface area contributed by atoms with E-state index in [0.717, 1.165) is 12.8 Å². The van der Waals surface area contributed by atoms with E-state index in [0.29, 0.717) is 19.4 Å². The minimum atomic E-state index is -1.54. The van der Waals surface area contributed by atoms with Crippen molar-refractivity contribution in [2.45, 2.75) is 247 Å². The number of allylic oxidation sites excluding steroid dienone is 17. The highest BCUT2D eigenvalue weighted by Gasteiger charge is 2.44. The summed E-state index contributed by atoms with van der Waals surface area (Å²) in [6, 6.07) is 0. The van der Waals surface area contributed by atoms with E-state index in [1.165, 1.54) is 31.2 Å². The van der Waals surface area contributed by atoms with Crippen molar-refractivity contribution in [2.24, 2.45) is 23.5 Å². The minimum absolute atomic E-state index is 0.00621. The zero-order valence-electron chi connectivity index (χ0n) is 55.0. The normalized spacial score (nSPS) is 24.0. The fraction of sp³-hybridized carbons (Fsp3) is 0.606. The number of ketones is 1.